The summed E-state index contributed by atoms with van der Waals surface area (Å²) < 4.78 is 10.5. The average molecular weight is 120 g/mol. The van der Waals surface area contributed by atoms with Crippen LogP contribution in [0.4, 0.5) is 0 Å². The summed E-state index contributed by atoms with van der Waals surface area (Å²) in [6, 6.07) is 0. The SMILES string of the molecule is CS(C)(=O)=CC=O. The predicted molar refractivity (Wildman–Crippen MR) is 32.1 cm³/mol. The highest BCUT2D eigenvalue weighted by atomic mass is 32.2. The lowest BCUT2D eigenvalue weighted by molar-refractivity contribution is -0.102. The molecule has 3 heteroatoms. The molecule has 0 aromatic rings. The summed E-state index contributed by atoms with van der Waals surface area (Å²) in [6.07, 6.45) is 3.59. The van der Waals surface area contributed by atoms with E-state index >= 15 is 0 Å². The number of carbonyl (C=O) groups is 1. The number of rotatable bonds is 1. The molecule has 0 spiro atoms. The number of carbonyl (C=O) groups excluding carboxylic acids is 1. The molecule has 0 bridgehead atoms. The maximum absolute atomic E-state index is 10.5. The maximum Gasteiger partial charge on any atom is 0.150 e. The van der Waals surface area contributed by atoms with Gasteiger partial charge in [0.2, 0.25) is 0 Å². The van der Waals surface area contributed by atoms with Crippen LogP contribution in [-0.2, 0) is 14.3 Å². The highest BCUT2D eigenvalue weighted by molar-refractivity contribution is 8.00. The molecule has 0 atom stereocenters. The quantitative estimate of drug-likeness (QED) is 0.346. The lowest BCUT2D eigenvalue weighted by Gasteiger charge is -1.83. The van der Waals surface area contributed by atoms with Crippen molar-refractivity contribution in [1.82, 2.24) is 0 Å². The standard InChI is InChI=1S/C4H8O2S/c1-7(2,6)4-3-5/h3-4H,1-2H3. The lowest BCUT2D eigenvalue weighted by Crippen LogP contribution is -1.96. The van der Waals surface area contributed by atoms with Crippen LogP contribution < -0.4 is 0 Å². The molecule has 0 aliphatic heterocycles. The molecule has 2 nitrogen and oxygen atoms in total. The van der Waals surface area contributed by atoms with Gasteiger partial charge in [-0.3, -0.25) is 9.00 Å². The molecule has 0 fully saturated rings. The van der Waals surface area contributed by atoms with Crippen molar-refractivity contribution >= 4 is 21.2 Å². The fourth-order valence-corrected chi connectivity index (χ4v) is 0.401. The van der Waals surface area contributed by atoms with Crippen molar-refractivity contribution in [2.45, 2.75) is 0 Å². The third-order valence-electron chi connectivity index (χ3n) is 0.383. The molecule has 0 N–H and O–H groups in total. The van der Waals surface area contributed by atoms with Crippen molar-refractivity contribution in [3.05, 3.63) is 0 Å². The normalized spacial score (nSPS) is 10.6. The van der Waals surface area contributed by atoms with Crippen LogP contribution in [0.3, 0.4) is 0 Å². The fourth-order valence-electron chi connectivity index (χ4n) is 0.134. The molecule has 0 saturated carbocycles. The molecule has 0 unspecified atom stereocenters. The van der Waals surface area contributed by atoms with Gasteiger partial charge in [-0.2, -0.15) is 0 Å². The van der Waals surface area contributed by atoms with Gasteiger partial charge in [0.05, 0.1) is 0 Å². The second-order valence-electron chi connectivity index (χ2n) is 1.58. The van der Waals surface area contributed by atoms with Gasteiger partial charge in [-0.25, -0.2) is 0 Å². The van der Waals surface area contributed by atoms with Gasteiger partial charge < -0.3 is 0 Å². The van der Waals surface area contributed by atoms with Gasteiger partial charge in [0.25, 0.3) is 0 Å². The van der Waals surface area contributed by atoms with Crippen molar-refractivity contribution < 1.29 is 9.00 Å². The molecule has 0 amide bonds. The third kappa shape index (κ3) is 5.69. The first-order chi connectivity index (χ1) is 3.06. The van der Waals surface area contributed by atoms with Crippen LogP contribution in [0.5, 0.6) is 0 Å². The Bertz CT molecular complexity index is 155. The summed E-state index contributed by atoms with van der Waals surface area (Å²) in [4.78, 5) is 9.59. The van der Waals surface area contributed by atoms with Crippen molar-refractivity contribution in [1.29, 1.82) is 0 Å². The Labute approximate surface area is 43.5 Å². The van der Waals surface area contributed by atoms with Crippen LogP contribution in [-0.4, -0.2) is 28.4 Å². The van der Waals surface area contributed by atoms with Gasteiger partial charge in [-0.1, -0.05) is 0 Å². The number of hydrogen-bond acceptors (Lipinski definition) is 2. The van der Waals surface area contributed by atoms with E-state index in [0.29, 0.717) is 6.29 Å². The van der Waals surface area contributed by atoms with E-state index in [1.54, 1.807) is 0 Å². The van der Waals surface area contributed by atoms with Crippen molar-refractivity contribution in [3.63, 3.8) is 0 Å². The largest absolute Gasteiger partial charge is 0.298 e. The molecule has 7 heavy (non-hydrogen) atoms. The molecule has 0 aromatic heterocycles. The summed E-state index contributed by atoms with van der Waals surface area (Å²) in [7, 11) is -1.92. The Hall–Kier alpha value is -0.310. The minimum absolute atomic E-state index is 0.558. The van der Waals surface area contributed by atoms with Crippen molar-refractivity contribution in [2.24, 2.45) is 0 Å². The van der Waals surface area contributed by atoms with Crippen molar-refractivity contribution in [3.8, 4) is 0 Å². The first-order valence-corrected chi connectivity index (χ1v) is 4.23. The van der Waals surface area contributed by atoms with E-state index in [2.05, 4.69) is 0 Å². The Morgan fingerprint density at radius 2 is 1.86 bits per heavy atom. The van der Waals surface area contributed by atoms with Gasteiger partial charge in [-0.15, -0.1) is 0 Å². The average Bonchev–Trinajstić information content (AvgIpc) is 1.30. The molecular weight excluding hydrogens is 112 g/mol. The second kappa shape index (κ2) is 2.12. The van der Waals surface area contributed by atoms with E-state index < -0.39 is 9.52 Å². The van der Waals surface area contributed by atoms with Gasteiger partial charge in [0, 0.05) is 17.9 Å². The molecule has 0 aliphatic rings. The zero-order valence-electron chi connectivity index (χ0n) is 4.38. The Morgan fingerprint density at radius 1 is 1.43 bits per heavy atom. The number of hydrogen-bond donors (Lipinski definition) is 0. The van der Waals surface area contributed by atoms with Crippen LogP contribution in [0.1, 0.15) is 0 Å². The van der Waals surface area contributed by atoms with Crippen LogP contribution in [0.15, 0.2) is 0 Å². The summed E-state index contributed by atoms with van der Waals surface area (Å²) >= 11 is 0. The topological polar surface area (TPSA) is 34.1 Å². The van der Waals surface area contributed by atoms with E-state index in [-0.39, 0.29) is 0 Å². The molecule has 0 saturated heterocycles. The van der Waals surface area contributed by atoms with Crippen LogP contribution in [0, 0.1) is 0 Å². The Kier molecular flexibility index (Phi) is 2.02. The summed E-state index contributed by atoms with van der Waals surface area (Å²) in [5.41, 5.74) is 0. The summed E-state index contributed by atoms with van der Waals surface area (Å²) in [6.45, 7) is 0. The highest BCUT2D eigenvalue weighted by Gasteiger charge is 1.80. The van der Waals surface area contributed by atoms with Gasteiger partial charge in [0.15, 0.2) is 6.29 Å². The van der Waals surface area contributed by atoms with E-state index in [4.69, 9.17) is 0 Å². The zero-order valence-corrected chi connectivity index (χ0v) is 5.20. The first kappa shape index (κ1) is 6.69. The predicted octanol–water partition coefficient (Wildman–Crippen LogP) is -0.468. The van der Waals surface area contributed by atoms with Crippen LogP contribution in [0.25, 0.3) is 0 Å². The summed E-state index contributed by atoms with van der Waals surface area (Å²) in [5.74, 6) is 0. The minimum atomic E-state index is -1.92. The maximum atomic E-state index is 10.5. The molecule has 0 aliphatic carbocycles. The highest BCUT2D eigenvalue weighted by Crippen LogP contribution is 1.68. The van der Waals surface area contributed by atoms with Gasteiger partial charge in [0.1, 0.15) is 0 Å². The van der Waals surface area contributed by atoms with Crippen LogP contribution in [0.2, 0.25) is 0 Å². The smallest absolute Gasteiger partial charge is 0.150 e. The Balaban J connectivity index is 4.32. The Morgan fingerprint density at radius 3 is 1.86 bits per heavy atom. The van der Waals surface area contributed by atoms with Gasteiger partial charge in [-0.05, 0) is 9.52 Å². The van der Waals surface area contributed by atoms with Crippen LogP contribution >= 0.6 is 0 Å². The molecule has 0 heterocycles. The molecule has 42 valence electrons. The molecular formula is C4H8O2S. The molecule has 0 rings (SSSR count). The molecule has 0 aromatic carbocycles. The van der Waals surface area contributed by atoms with E-state index in [9.17, 15) is 9.00 Å². The minimum Gasteiger partial charge on any atom is -0.298 e. The first-order valence-electron chi connectivity index (χ1n) is 1.79. The number of aldehydes is 1. The second-order valence-corrected chi connectivity index (χ2v) is 4.47. The monoisotopic (exact) mass is 120 g/mol. The van der Waals surface area contributed by atoms with E-state index in [1.807, 2.05) is 0 Å². The summed E-state index contributed by atoms with van der Waals surface area (Å²) in [5, 5.41) is 1.16. The molecule has 0 radical (unpaired) electrons. The van der Waals surface area contributed by atoms with Crippen molar-refractivity contribution in [2.75, 3.05) is 12.5 Å². The van der Waals surface area contributed by atoms with Gasteiger partial charge >= 0.3 is 0 Å². The third-order valence-corrected chi connectivity index (χ3v) is 1.15. The lowest BCUT2D eigenvalue weighted by atomic mass is 10.9. The zero-order chi connectivity index (χ0) is 5.91. The van der Waals surface area contributed by atoms with E-state index in [0.717, 1.165) is 5.37 Å². The van der Waals surface area contributed by atoms with E-state index in [1.165, 1.54) is 12.5 Å². The fraction of sp³-hybridized carbons (Fsp3) is 0.500.